The van der Waals surface area contributed by atoms with Crippen molar-refractivity contribution >= 4 is 17.9 Å². The van der Waals surface area contributed by atoms with Crippen LogP contribution >= 0.6 is 0 Å². The van der Waals surface area contributed by atoms with Crippen molar-refractivity contribution in [3.8, 4) is 5.88 Å². The SMILES string of the molecule is COC(=O)COc1cccc(N=C=O)n1. The van der Waals surface area contributed by atoms with Gasteiger partial charge in [-0.3, -0.25) is 0 Å². The van der Waals surface area contributed by atoms with Crippen LogP contribution < -0.4 is 4.74 Å². The minimum atomic E-state index is -0.513. The Morgan fingerprint density at radius 3 is 3.07 bits per heavy atom. The highest BCUT2D eigenvalue weighted by molar-refractivity contribution is 5.70. The molecule has 15 heavy (non-hydrogen) atoms. The molecule has 0 N–H and O–H groups in total. The molecular weight excluding hydrogens is 200 g/mol. The fourth-order valence-electron chi connectivity index (χ4n) is 0.785. The molecule has 0 aliphatic carbocycles. The van der Waals surface area contributed by atoms with E-state index in [1.54, 1.807) is 6.07 Å². The maximum absolute atomic E-state index is 10.7. The Balaban J connectivity index is 2.65. The maximum atomic E-state index is 10.7. The summed E-state index contributed by atoms with van der Waals surface area (Å²) in [5, 5.41) is 0. The molecule has 1 rings (SSSR count). The molecule has 0 aliphatic rings. The Morgan fingerprint density at radius 2 is 2.40 bits per heavy atom. The lowest BCUT2D eigenvalue weighted by Crippen LogP contribution is -2.12. The second kappa shape index (κ2) is 5.51. The predicted octanol–water partition coefficient (Wildman–Crippen LogP) is 0.601. The number of esters is 1. The topological polar surface area (TPSA) is 77.9 Å². The number of hydrogen-bond donors (Lipinski definition) is 0. The Hall–Kier alpha value is -2.20. The van der Waals surface area contributed by atoms with Crippen molar-refractivity contribution in [3.63, 3.8) is 0 Å². The molecule has 0 aromatic carbocycles. The molecule has 0 spiro atoms. The highest BCUT2D eigenvalue weighted by Gasteiger charge is 2.02. The summed E-state index contributed by atoms with van der Waals surface area (Å²) in [5.41, 5.74) is 0. The number of rotatable bonds is 4. The van der Waals surface area contributed by atoms with Gasteiger partial charge >= 0.3 is 5.97 Å². The van der Waals surface area contributed by atoms with E-state index in [0.29, 0.717) is 0 Å². The van der Waals surface area contributed by atoms with Gasteiger partial charge in [0.1, 0.15) is 0 Å². The molecule has 1 aromatic heterocycles. The van der Waals surface area contributed by atoms with E-state index in [1.807, 2.05) is 0 Å². The van der Waals surface area contributed by atoms with Gasteiger partial charge in [0.2, 0.25) is 12.0 Å². The first-order valence-corrected chi connectivity index (χ1v) is 4.01. The Kier molecular flexibility index (Phi) is 4.00. The van der Waals surface area contributed by atoms with Crippen molar-refractivity contribution < 1.29 is 19.1 Å². The molecule has 0 atom stereocenters. The summed E-state index contributed by atoms with van der Waals surface area (Å²) < 4.78 is 9.34. The van der Waals surface area contributed by atoms with Crippen molar-refractivity contribution in [2.24, 2.45) is 4.99 Å². The van der Waals surface area contributed by atoms with Crippen LogP contribution in [0.5, 0.6) is 5.88 Å². The average molecular weight is 208 g/mol. The van der Waals surface area contributed by atoms with E-state index >= 15 is 0 Å². The molecule has 0 radical (unpaired) electrons. The fourth-order valence-corrected chi connectivity index (χ4v) is 0.785. The number of nitrogens with zero attached hydrogens (tertiary/aromatic N) is 2. The van der Waals surface area contributed by atoms with Gasteiger partial charge in [-0.25, -0.2) is 9.59 Å². The van der Waals surface area contributed by atoms with Gasteiger partial charge in [-0.15, -0.1) is 4.99 Å². The first kappa shape index (κ1) is 10.9. The molecular formula is C9H8N2O4. The van der Waals surface area contributed by atoms with E-state index in [2.05, 4.69) is 14.7 Å². The number of hydrogen-bond acceptors (Lipinski definition) is 6. The van der Waals surface area contributed by atoms with E-state index < -0.39 is 5.97 Å². The summed E-state index contributed by atoms with van der Waals surface area (Å²) in [6.07, 6.45) is 1.35. The fraction of sp³-hybridized carbons (Fsp3) is 0.222. The maximum Gasteiger partial charge on any atom is 0.343 e. The summed E-state index contributed by atoms with van der Waals surface area (Å²) in [4.78, 5) is 27.8. The predicted molar refractivity (Wildman–Crippen MR) is 49.5 cm³/mol. The van der Waals surface area contributed by atoms with Gasteiger partial charge in [0.05, 0.1) is 7.11 Å². The van der Waals surface area contributed by atoms with Gasteiger partial charge in [0.15, 0.2) is 12.4 Å². The number of ether oxygens (including phenoxy) is 2. The minimum Gasteiger partial charge on any atom is -0.466 e. The Bertz CT molecular complexity index is 399. The van der Waals surface area contributed by atoms with Crippen molar-refractivity contribution in [1.29, 1.82) is 0 Å². The third-order valence-corrected chi connectivity index (χ3v) is 1.43. The van der Waals surface area contributed by atoms with Crippen molar-refractivity contribution in [1.82, 2.24) is 4.98 Å². The van der Waals surface area contributed by atoms with Gasteiger partial charge < -0.3 is 9.47 Å². The Labute approximate surface area is 85.6 Å². The molecule has 6 nitrogen and oxygen atoms in total. The van der Waals surface area contributed by atoms with Gasteiger partial charge in [-0.1, -0.05) is 6.07 Å². The number of pyridine rings is 1. The first-order chi connectivity index (χ1) is 7.26. The molecule has 1 aromatic rings. The second-order valence-corrected chi connectivity index (χ2v) is 2.40. The third kappa shape index (κ3) is 3.58. The van der Waals surface area contributed by atoms with E-state index in [4.69, 9.17) is 4.74 Å². The number of carbonyl (C=O) groups excluding carboxylic acids is 2. The number of methoxy groups -OCH3 is 1. The summed E-state index contributed by atoms with van der Waals surface area (Å²) in [6.45, 7) is -0.238. The molecule has 78 valence electrons. The molecule has 0 amide bonds. The zero-order valence-electron chi connectivity index (χ0n) is 7.97. The van der Waals surface area contributed by atoms with Crippen LogP contribution in [0.3, 0.4) is 0 Å². The standard InChI is InChI=1S/C9H8N2O4/c1-14-9(13)5-15-8-4-2-3-7(11-8)10-6-12/h2-4H,5H2,1H3. The molecule has 0 saturated carbocycles. The van der Waals surface area contributed by atoms with Crippen LogP contribution in [0.2, 0.25) is 0 Å². The quantitative estimate of drug-likeness (QED) is 0.411. The lowest BCUT2D eigenvalue weighted by Gasteiger charge is -2.02. The summed E-state index contributed by atoms with van der Waals surface area (Å²) in [6, 6.07) is 4.64. The van der Waals surface area contributed by atoms with E-state index in [0.717, 1.165) is 0 Å². The molecule has 0 aliphatic heterocycles. The highest BCUT2D eigenvalue weighted by Crippen LogP contribution is 2.13. The monoisotopic (exact) mass is 208 g/mol. The Morgan fingerprint density at radius 1 is 1.60 bits per heavy atom. The molecule has 0 saturated heterocycles. The molecule has 1 heterocycles. The lowest BCUT2D eigenvalue weighted by atomic mass is 10.4. The third-order valence-electron chi connectivity index (χ3n) is 1.43. The summed E-state index contributed by atoms with van der Waals surface area (Å²) >= 11 is 0. The largest absolute Gasteiger partial charge is 0.466 e. The molecule has 0 bridgehead atoms. The summed E-state index contributed by atoms with van der Waals surface area (Å²) in [7, 11) is 1.26. The van der Waals surface area contributed by atoms with E-state index in [1.165, 1.54) is 25.3 Å². The number of isocyanates is 1. The van der Waals surface area contributed by atoms with Gasteiger partial charge in [0, 0.05) is 6.07 Å². The van der Waals surface area contributed by atoms with E-state index in [-0.39, 0.29) is 18.3 Å². The minimum absolute atomic E-state index is 0.173. The normalized spacial score (nSPS) is 8.87. The van der Waals surface area contributed by atoms with Crippen LogP contribution in [0.15, 0.2) is 23.2 Å². The first-order valence-electron chi connectivity index (χ1n) is 4.01. The van der Waals surface area contributed by atoms with E-state index in [9.17, 15) is 9.59 Å². The molecule has 6 heteroatoms. The van der Waals surface area contributed by atoms with Crippen LogP contribution in [0.4, 0.5) is 5.82 Å². The molecule has 0 fully saturated rings. The van der Waals surface area contributed by atoms with Gasteiger partial charge in [-0.05, 0) is 6.07 Å². The smallest absolute Gasteiger partial charge is 0.343 e. The second-order valence-electron chi connectivity index (χ2n) is 2.40. The van der Waals surface area contributed by atoms with Gasteiger partial charge in [-0.2, -0.15) is 4.98 Å². The molecule has 0 unspecified atom stereocenters. The number of aromatic nitrogens is 1. The number of carbonyl (C=O) groups is 1. The van der Waals surface area contributed by atoms with Crippen molar-refractivity contribution in [3.05, 3.63) is 18.2 Å². The van der Waals surface area contributed by atoms with Crippen LogP contribution in [-0.2, 0) is 14.3 Å². The highest BCUT2D eigenvalue weighted by atomic mass is 16.6. The lowest BCUT2D eigenvalue weighted by molar-refractivity contribution is -0.143. The summed E-state index contributed by atoms with van der Waals surface area (Å²) in [5.74, 6) is -0.148. The number of aliphatic imine (C=N–C) groups is 1. The van der Waals surface area contributed by atoms with Crippen molar-refractivity contribution in [2.75, 3.05) is 13.7 Å². The zero-order chi connectivity index (χ0) is 11.1. The van der Waals surface area contributed by atoms with Crippen LogP contribution in [-0.4, -0.2) is 30.7 Å². The van der Waals surface area contributed by atoms with Crippen molar-refractivity contribution in [2.45, 2.75) is 0 Å². The zero-order valence-corrected chi connectivity index (χ0v) is 7.97. The van der Waals surface area contributed by atoms with Crippen LogP contribution in [0.1, 0.15) is 0 Å². The van der Waals surface area contributed by atoms with Crippen LogP contribution in [0, 0.1) is 0 Å². The van der Waals surface area contributed by atoms with Gasteiger partial charge in [0.25, 0.3) is 0 Å². The average Bonchev–Trinajstić information content (AvgIpc) is 2.27. The van der Waals surface area contributed by atoms with Crippen LogP contribution in [0.25, 0.3) is 0 Å².